The first-order valence-corrected chi connectivity index (χ1v) is 5.60. The van der Waals surface area contributed by atoms with Gasteiger partial charge in [0.1, 0.15) is 5.54 Å². The molecule has 2 N–H and O–H groups in total. The first kappa shape index (κ1) is 12.2. The van der Waals surface area contributed by atoms with Crippen molar-refractivity contribution in [2.24, 2.45) is 0 Å². The summed E-state index contributed by atoms with van der Waals surface area (Å²) in [4.78, 5) is 15.3. The summed E-state index contributed by atoms with van der Waals surface area (Å²) in [6.07, 6.45) is 4.24. The van der Waals surface area contributed by atoms with E-state index in [9.17, 15) is 9.90 Å². The lowest BCUT2D eigenvalue weighted by atomic mass is 9.96. The van der Waals surface area contributed by atoms with Crippen molar-refractivity contribution in [3.63, 3.8) is 0 Å². The first-order chi connectivity index (χ1) is 8.57. The van der Waals surface area contributed by atoms with Gasteiger partial charge in [-0.05, 0) is 23.8 Å². The Morgan fingerprint density at radius 1 is 1.56 bits per heavy atom. The highest BCUT2D eigenvalue weighted by Crippen LogP contribution is 2.19. The Kier molecular flexibility index (Phi) is 3.09. The van der Waals surface area contributed by atoms with Crippen LogP contribution in [0, 0.1) is 0 Å². The van der Waals surface area contributed by atoms with Crippen molar-refractivity contribution in [2.45, 2.75) is 32.2 Å². The second kappa shape index (κ2) is 4.55. The third kappa shape index (κ3) is 2.08. The summed E-state index contributed by atoms with van der Waals surface area (Å²) < 4.78 is 1.42. The number of hydrogen-bond acceptors (Lipinski definition) is 6. The lowest BCUT2D eigenvalue weighted by Crippen LogP contribution is -2.43. The van der Waals surface area contributed by atoms with E-state index in [0.29, 0.717) is 17.9 Å². The van der Waals surface area contributed by atoms with Gasteiger partial charge in [-0.1, -0.05) is 13.3 Å². The van der Waals surface area contributed by atoms with Crippen LogP contribution in [0.25, 0.3) is 5.65 Å². The molecule has 0 aliphatic rings. The molecule has 1 unspecified atom stereocenters. The topological polar surface area (TPSA) is 105 Å². The van der Waals surface area contributed by atoms with E-state index in [4.69, 9.17) is 0 Å². The van der Waals surface area contributed by atoms with Crippen LogP contribution < -0.4 is 5.32 Å². The third-order valence-corrected chi connectivity index (χ3v) is 2.73. The van der Waals surface area contributed by atoms with Gasteiger partial charge in [0.25, 0.3) is 0 Å². The van der Waals surface area contributed by atoms with Gasteiger partial charge in [-0.3, -0.25) is 4.98 Å². The monoisotopic (exact) mass is 250 g/mol. The van der Waals surface area contributed by atoms with E-state index in [2.05, 4.69) is 25.8 Å². The molecule has 0 aliphatic carbocycles. The highest BCUT2D eigenvalue weighted by Gasteiger charge is 2.32. The molecule has 0 spiro atoms. The van der Waals surface area contributed by atoms with Crippen molar-refractivity contribution in [3.8, 4) is 0 Å². The summed E-state index contributed by atoms with van der Waals surface area (Å²) in [6, 6.07) is 0. The van der Waals surface area contributed by atoms with Gasteiger partial charge in [0.15, 0.2) is 11.5 Å². The van der Waals surface area contributed by atoms with Crippen LogP contribution in [0.4, 0.5) is 5.82 Å². The molecule has 2 aromatic heterocycles. The Hall–Kier alpha value is -2.25. The fraction of sp³-hybridized carbons (Fsp3) is 0.500. The summed E-state index contributed by atoms with van der Waals surface area (Å²) in [7, 11) is 0. The smallest absolute Gasteiger partial charge is 0.329 e. The molecule has 0 aliphatic heterocycles. The zero-order chi connectivity index (χ0) is 13.2. The van der Waals surface area contributed by atoms with E-state index in [1.807, 2.05) is 6.92 Å². The standard InChI is InChI=1S/C10H14N6O2/c1-3-4-10(2,9(17)18)12-7-5-11-6-8-13-14-15-16(7)8/h5-6,12H,3-4H2,1-2H3,(H,17,18). The maximum Gasteiger partial charge on any atom is 0.329 e. The summed E-state index contributed by atoms with van der Waals surface area (Å²) >= 11 is 0. The van der Waals surface area contributed by atoms with Crippen LogP contribution in [0.2, 0.25) is 0 Å². The molecule has 0 amide bonds. The predicted molar refractivity (Wildman–Crippen MR) is 63.1 cm³/mol. The average molecular weight is 250 g/mol. The molecule has 8 heteroatoms. The Morgan fingerprint density at radius 2 is 2.33 bits per heavy atom. The number of fused-ring (bicyclic) bond motifs is 1. The lowest BCUT2D eigenvalue weighted by Gasteiger charge is -2.26. The van der Waals surface area contributed by atoms with Crippen LogP contribution in [0.1, 0.15) is 26.7 Å². The number of carbonyl (C=O) groups is 1. The molecule has 0 fully saturated rings. The largest absolute Gasteiger partial charge is 0.480 e. The van der Waals surface area contributed by atoms with Gasteiger partial charge in [-0.15, -0.1) is 5.10 Å². The quantitative estimate of drug-likeness (QED) is 0.799. The van der Waals surface area contributed by atoms with Crippen molar-refractivity contribution in [1.29, 1.82) is 0 Å². The fourth-order valence-corrected chi connectivity index (χ4v) is 1.77. The Bertz CT molecular complexity index is 568. The minimum atomic E-state index is -1.07. The van der Waals surface area contributed by atoms with Gasteiger partial charge in [-0.2, -0.15) is 4.52 Å². The molecular weight excluding hydrogens is 236 g/mol. The van der Waals surface area contributed by atoms with E-state index in [0.717, 1.165) is 6.42 Å². The van der Waals surface area contributed by atoms with Crippen LogP contribution in [-0.4, -0.2) is 41.6 Å². The minimum absolute atomic E-state index is 0.454. The maximum absolute atomic E-state index is 11.3. The fourth-order valence-electron chi connectivity index (χ4n) is 1.77. The SMILES string of the molecule is CCCC(C)(Nc1cncc2nnnn12)C(=O)O. The average Bonchev–Trinajstić information content (AvgIpc) is 2.78. The summed E-state index contributed by atoms with van der Waals surface area (Å²) in [5, 5.41) is 23.3. The lowest BCUT2D eigenvalue weighted by molar-refractivity contribution is -0.142. The number of carboxylic acid groups (broad SMARTS) is 1. The van der Waals surface area contributed by atoms with E-state index in [1.165, 1.54) is 16.9 Å². The molecular formula is C10H14N6O2. The van der Waals surface area contributed by atoms with E-state index < -0.39 is 11.5 Å². The Morgan fingerprint density at radius 3 is 3.00 bits per heavy atom. The first-order valence-electron chi connectivity index (χ1n) is 5.60. The summed E-state index contributed by atoms with van der Waals surface area (Å²) in [5.41, 5.74) is -0.610. The van der Waals surface area contributed by atoms with E-state index in [-0.39, 0.29) is 0 Å². The Balaban J connectivity index is 2.37. The van der Waals surface area contributed by atoms with Crippen LogP contribution in [0.5, 0.6) is 0 Å². The van der Waals surface area contributed by atoms with Crippen molar-refractivity contribution in [1.82, 2.24) is 25.0 Å². The summed E-state index contributed by atoms with van der Waals surface area (Å²) in [5.74, 6) is -0.467. The number of tetrazole rings is 1. The minimum Gasteiger partial charge on any atom is -0.480 e. The number of carboxylic acids is 1. The number of anilines is 1. The van der Waals surface area contributed by atoms with Gasteiger partial charge < -0.3 is 10.4 Å². The van der Waals surface area contributed by atoms with Crippen molar-refractivity contribution < 1.29 is 9.90 Å². The summed E-state index contributed by atoms with van der Waals surface area (Å²) in [6.45, 7) is 3.56. The van der Waals surface area contributed by atoms with Crippen LogP contribution in [0.15, 0.2) is 12.4 Å². The molecule has 2 heterocycles. The van der Waals surface area contributed by atoms with Crippen LogP contribution >= 0.6 is 0 Å². The maximum atomic E-state index is 11.3. The molecule has 0 aromatic carbocycles. The number of nitrogens with zero attached hydrogens (tertiary/aromatic N) is 5. The van der Waals surface area contributed by atoms with E-state index >= 15 is 0 Å². The van der Waals surface area contributed by atoms with Crippen molar-refractivity contribution in [3.05, 3.63) is 12.4 Å². The second-order valence-electron chi connectivity index (χ2n) is 4.25. The van der Waals surface area contributed by atoms with Gasteiger partial charge >= 0.3 is 5.97 Å². The molecule has 0 bridgehead atoms. The Labute approximate surface area is 103 Å². The number of rotatable bonds is 5. The highest BCUT2D eigenvalue weighted by molar-refractivity contribution is 5.81. The molecule has 0 saturated carbocycles. The number of aliphatic carboxylic acids is 1. The zero-order valence-electron chi connectivity index (χ0n) is 10.2. The van der Waals surface area contributed by atoms with Gasteiger partial charge in [0.2, 0.25) is 0 Å². The molecule has 2 aromatic rings. The molecule has 18 heavy (non-hydrogen) atoms. The van der Waals surface area contributed by atoms with Gasteiger partial charge in [0.05, 0.1) is 12.4 Å². The van der Waals surface area contributed by atoms with Gasteiger partial charge in [-0.25, -0.2) is 4.79 Å². The van der Waals surface area contributed by atoms with Crippen LogP contribution in [-0.2, 0) is 4.79 Å². The second-order valence-corrected chi connectivity index (χ2v) is 4.25. The molecule has 0 saturated heterocycles. The molecule has 8 nitrogen and oxygen atoms in total. The van der Waals surface area contributed by atoms with E-state index in [1.54, 1.807) is 6.92 Å². The molecule has 96 valence electrons. The zero-order valence-corrected chi connectivity index (χ0v) is 10.2. The number of hydrogen-bond donors (Lipinski definition) is 2. The predicted octanol–water partition coefficient (Wildman–Crippen LogP) is 0.575. The normalized spacial score (nSPS) is 14.3. The third-order valence-electron chi connectivity index (χ3n) is 2.73. The molecule has 0 radical (unpaired) electrons. The highest BCUT2D eigenvalue weighted by atomic mass is 16.4. The van der Waals surface area contributed by atoms with Gasteiger partial charge in [0, 0.05) is 0 Å². The molecule has 2 rings (SSSR count). The van der Waals surface area contributed by atoms with Crippen LogP contribution in [0.3, 0.4) is 0 Å². The van der Waals surface area contributed by atoms with Crippen molar-refractivity contribution in [2.75, 3.05) is 5.32 Å². The van der Waals surface area contributed by atoms with Crippen molar-refractivity contribution >= 4 is 17.4 Å². The number of aromatic nitrogens is 5. The number of nitrogens with one attached hydrogen (secondary N) is 1. The molecule has 1 atom stereocenters.